The number of nitrogens with one attached hydrogen (secondary N) is 1. The summed E-state index contributed by atoms with van der Waals surface area (Å²) in [4.78, 5) is 8.36. The van der Waals surface area contributed by atoms with Gasteiger partial charge in [-0.2, -0.15) is 0 Å². The molecule has 0 saturated carbocycles. The van der Waals surface area contributed by atoms with E-state index in [0.717, 1.165) is 17.1 Å². The van der Waals surface area contributed by atoms with E-state index in [4.69, 9.17) is 10.5 Å². The quantitative estimate of drug-likeness (QED) is 0.856. The van der Waals surface area contributed by atoms with E-state index >= 15 is 0 Å². The SMILES string of the molecule is COc1ccc(C)cc1CNc1ccnc(CN)n1. The molecule has 0 unspecified atom stereocenters. The van der Waals surface area contributed by atoms with Crippen LogP contribution >= 0.6 is 0 Å². The van der Waals surface area contributed by atoms with E-state index in [9.17, 15) is 0 Å². The second-order valence-corrected chi connectivity index (χ2v) is 4.23. The standard InChI is InChI=1S/C14H18N4O/c1-10-3-4-12(19-2)11(7-10)9-17-13-5-6-16-14(8-15)18-13/h3-7H,8-9,15H2,1-2H3,(H,16,17,18). The van der Waals surface area contributed by atoms with Crippen molar-refractivity contribution in [2.75, 3.05) is 12.4 Å². The molecule has 0 spiro atoms. The van der Waals surface area contributed by atoms with E-state index in [0.29, 0.717) is 18.9 Å². The number of rotatable bonds is 5. The molecule has 1 heterocycles. The molecule has 2 aromatic rings. The van der Waals surface area contributed by atoms with Gasteiger partial charge in [-0.1, -0.05) is 17.7 Å². The second-order valence-electron chi connectivity index (χ2n) is 4.23. The molecule has 3 N–H and O–H groups in total. The predicted octanol–water partition coefficient (Wildman–Crippen LogP) is 1.86. The number of ether oxygens (including phenoxy) is 1. The Morgan fingerprint density at radius 1 is 1.32 bits per heavy atom. The van der Waals surface area contributed by atoms with Crippen LogP contribution in [-0.2, 0) is 13.1 Å². The summed E-state index contributed by atoms with van der Waals surface area (Å²) in [6.45, 7) is 3.04. The molecule has 5 nitrogen and oxygen atoms in total. The van der Waals surface area contributed by atoms with Gasteiger partial charge in [0.05, 0.1) is 13.7 Å². The fraction of sp³-hybridized carbons (Fsp3) is 0.286. The van der Waals surface area contributed by atoms with E-state index in [1.165, 1.54) is 5.56 Å². The minimum atomic E-state index is 0.337. The Kier molecular flexibility index (Phi) is 4.30. The molecule has 0 fully saturated rings. The van der Waals surface area contributed by atoms with Crippen LogP contribution in [0.15, 0.2) is 30.5 Å². The molecule has 0 bridgehead atoms. The largest absolute Gasteiger partial charge is 0.496 e. The fourth-order valence-electron chi connectivity index (χ4n) is 1.83. The van der Waals surface area contributed by atoms with Crippen molar-refractivity contribution in [1.82, 2.24) is 9.97 Å². The lowest BCUT2D eigenvalue weighted by molar-refractivity contribution is 0.410. The third-order valence-corrected chi connectivity index (χ3v) is 2.78. The van der Waals surface area contributed by atoms with Crippen LogP contribution in [0, 0.1) is 6.92 Å². The number of nitrogens with zero attached hydrogens (tertiary/aromatic N) is 2. The van der Waals surface area contributed by atoms with Crippen LogP contribution < -0.4 is 15.8 Å². The van der Waals surface area contributed by atoms with Crippen LogP contribution in [0.1, 0.15) is 17.0 Å². The van der Waals surface area contributed by atoms with Crippen LogP contribution in [0.5, 0.6) is 5.75 Å². The maximum absolute atomic E-state index is 5.52. The third-order valence-electron chi connectivity index (χ3n) is 2.78. The molecular formula is C14H18N4O. The van der Waals surface area contributed by atoms with Crippen molar-refractivity contribution in [3.63, 3.8) is 0 Å². The van der Waals surface area contributed by atoms with Crippen molar-refractivity contribution in [3.05, 3.63) is 47.4 Å². The Morgan fingerprint density at radius 2 is 2.16 bits per heavy atom. The van der Waals surface area contributed by atoms with Crippen LogP contribution in [0.3, 0.4) is 0 Å². The normalized spacial score (nSPS) is 10.3. The van der Waals surface area contributed by atoms with Gasteiger partial charge in [-0.25, -0.2) is 9.97 Å². The molecule has 0 radical (unpaired) electrons. The summed E-state index contributed by atoms with van der Waals surface area (Å²) in [7, 11) is 1.67. The van der Waals surface area contributed by atoms with Crippen molar-refractivity contribution in [2.24, 2.45) is 5.73 Å². The Hall–Kier alpha value is -2.14. The topological polar surface area (TPSA) is 73.1 Å². The number of benzene rings is 1. The molecular weight excluding hydrogens is 240 g/mol. The number of methoxy groups -OCH3 is 1. The highest BCUT2D eigenvalue weighted by atomic mass is 16.5. The summed E-state index contributed by atoms with van der Waals surface area (Å²) >= 11 is 0. The molecule has 1 aromatic carbocycles. The third kappa shape index (κ3) is 3.42. The van der Waals surface area contributed by atoms with Crippen molar-refractivity contribution < 1.29 is 4.74 Å². The Labute approximate surface area is 112 Å². The van der Waals surface area contributed by atoms with E-state index in [-0.39, 0.29) is 0 Å². The van der Waals surface area contributed by atoms with Crippen molar-refractivity contribution >= 4 is 5.82 Å². The summed E-state index contributed by atoms with van der Waals surface area (Å²) in [5.74, 6) is 2.26. The summed E-state index contributed by atoms with van der Waals surface area (Å²) < 4.78 is 5.34. The maximum atomic E-state index is 5.52. The lowest BCUT2D eigenvalue weighted by Crippen LogP contribution is -2.07. The zero-order chi connectivity index (χ0) is 13.7. The maximum Gasteiger partial charge on any atom is 0.144 e. The average molecular weight is 258 g/mol. The highest BCUT2D eigenvalue weighted by Crippen LogP contribution is 2.20. The van der Waals surface area contributed by atoms with Gasteiger partial charge in [-0.15, -0.1) is 0 Å². The summed E-state index contributed by atoms with van der Waals surface area (Å²) in [6.07, 6.45) is 1.70. The fourth-order valence-corrected chi connectivity index (χ4v) is 1.83. The molecule has 0 aliphatic heterocycles. The monoisotopic (exact) mass is 258 g/mol. The smallest absolute Gasteiger partial charge is 0.144 e. The zero-order valence-corrected chi connectivity index (χ0v) is 11.2. The van der Waals surface area contributed by atoms with E-state index in [1.54, 1.807) is 13.3 Å². The van der Waals surface area contributed by atoms with Gasteiger partial charge in [0.25, 0.3) is 0 Å². The van der Waals surface area contributed by atoms with Crippen LogP contribution in [-0.4, -0.2) is 17.1 Å². The molecule has 0 aliphatic rings. The predicted molar refractivity (Wildman–Crippen MR) is 75.0 cm³/mol. The molecule has 100 valence electrons. The number of hydrogen-bond acceptors (Lipinski definition) is 5. The van der Waals surface area contributed by atoms with Gasteiger partial charge in [-0.3, -0.25) is 0 Å². The average Bonchev–Trinajstić information content (AvgIpc) is 2.45. The van der Waals surface area contributed by atoms with Gasteiger partial charge in [0.1, 0.15) is 17.4 Å². The lowest BCUT2D eigenvalue weighted by Gasteiger charge is -2.11. The highest BCUT2D eigenvalue weighted by Gasteiger charge is 2.04. The Bertz CT molecular complexity index is 557. The molecule has 2 rings (SSSR count). The molecule has 0 atom stereocenters. The molecule has 0 saturated heterocycles. The summed E-state index contributed by atoms with van der Waals surface area (Å²) in [5, 5.41) is 3.25. The number of nitrogens with two attached hydrogens (primary N) is 1. The van der Waals surface area contributed by atoms with Crippen molar-refractivity contribution in [2.45, 2.75) is 20.0 Å². The van der Waals surface area contributed by atoms with Gasteiger partial charge < -0.3 is 15.8 Å². The molecule has 0 aliphatic carbocycles. The first kappa shape index (κ1) is 13.3. The molecule has 1 aromatic heterocycles. The number of aryl methyl sites for hydroxylation is 1. The second kappa shape index (κ2) is 6.15. The van der Waals surface area contributed by atoms with E-state index in [1.807, 2.05) is 18.2 Å². The minimum absolute atomic E-state index is 0.337. The van der Waals surface area contributed by atoms with E-state index in [2.05, 4.69) is 28.3 Å². The van der Waals surface area contributed by atoms with Gasteiger partial charge >= 0.3 is 0 Å². The number of hydrogen-bond donors (Lipinski definition) is 2. The van der Waals surface area contributed by atoms with Crippen molar-refractivity contribution in [1.29, 1.82) is 0 Å². The number of anilines is 1. The minimum Gasteiger partial charge on any atom is -0.496 e. The molecule has 0 amide bonds. The summed E-state index contributed by atoms with van der Waals surface area (Å²) in [6, 6.07) is 7.91. The first-order valence-electron chi connectivity index (χ1n) is 6.12. The first-order chi connectivity index (χ1) is 9.22. The summed E-state index contributed by atoms with van der Waals surface area (Å²) in [5.41, 5.74) is 7.81. The lowest BCUT2D eigenvalue weighted by atomic mass is 10.1. The Balaban J connectivity index is 2.11. The van der Waals surface area contributed by atoms with E-state index < -0.39 is 0 Å². The molecule has 5 heteroatoms. The van der Waals surface area contributed by atoms with Gasteiger partial charge in [-0.05, 0) is 19.1 Å². The van der Waals surface area contributed by atoms with Crippen LogP contribution in [0.25, 0.3) is 0 Å². The van der Waals surface area contributed by atoms with Gasteiger partial charge in [0.15, 0.2) is 0 Å². The van der Waals surface area contributed by atoms with Crippen molar-refractivity contribution in [3.8, 4) is 5.75 Å². The van der Waals surface area contributed by atoms with Gasteiger partial charge in [0.2, 0.25) is 0 Å². The van der Waals surface area contributed by atoms with Gasteiger partial charge in [0, 0.05) is 18.3 Å². The Morgan fingerprint density at radius 3 is 2.89 bits per heavy atom. The highest BCUT2D eigenvalue weighted by molar-refractivity contribution is 5.41. The number of aromatic nitrogens is 2. The first-order valence-corrected chi connectivity index (χ1v) is 6.12. The van der Waals surface area contributed by atoms with Crippen LogP contribution in [0.4, 0.5) is 5.82 Å². The molecule has 19 heavy (non-hydrogen) atoms. The zero-order valence-electron chi connectivity index (χ0n) is 11.2. The van der Waals surface area contributed by atoms with Crippen LogP contribution in [0.2, 0.25) is 0 Å².